The third-order valence-electron chi connectivity index (χ3n) is 4.49. The molecule has 5 nitrogen and oxygen atoms in total. The molecule has 0 spiro atoms. The van der Waals surface area contributed by atoms with Crippen LogP contribution in [0.15, 0.2) is 60.0 Å². The molecule has 1 saturated heterocycles. The Bertz CT molecular complexity index is 900. The molecule has 1 aliphatic rings. The minimum absolute atomic E-state index is 0.0417. The van der Waals surface area contributed by atoms with Crippen LogP contribution in [0.4, 0.5) is 0 Å². The molecule has 0 aromatic heterocycles. The molecule has 1 heterocycles. The summed E-state index contributed by atoms with van der Waals surface area (Å²) in [6.07, 6.45) is 1.60. The van der Waals surface area contributed by atoms with Gasteiger partial charge in [-0.3, -0.25) is 4.79 Å². The molecule has 26 heavy (non-hydrogen) atoms. The van der Waals surface area contributed by atoms with Crippen molar-refractivity contribution in [3.05, 3.63) is 76.7 Å². The van der Waals surface area contributed by atoms with Gasteiger partial charge in [0, 0.05) is 37.2 Å². The lowest BCUT2D eigenvalue weighted by molar-refractivity contribution is 0.0698. The van der Waals surface area contributed by atoms with E-state index in [-0.39, 0.29) is 5.91 Å². The Labute approximate surface area is 154 Å². The molecule has 0 atom stereocenters. The van der Waals surface area contributed by atoms with Gasteiger partial charge in [-0.25, -0.2) is 8.42 Å². The molecule has 0 unspecified atom stereocenters. The first-order chi connectivity index (χ1) is 12.5. The van der Waals surface area contributed by atoms with Gasteiger partial charge in [-0.15, -0.1) is 0 Å². The van der Waals surface area contributed by atoms with Gasteiger partial charge in [0.25, 0.3) is 5.91 Å². The largest absolute Gasteiger partial charge is 0.336 e. The molecule has 0 saturated carbocycles. The standard InChI is InChI=1S/C20H22N2O3S/c1-17-7-5-6-10-19(17)20(23)21-12-14-22(15-13-21)26(24,25)16-11-18-8-3-2-4-9-18/h2-11,16H,12-15H2,1H3/b16-11+. The number of piperazine rings is 1. The van der Waals surface area contributed by atoms with Crippen molar-refractivity contribution >= 4 is 22.0 Å². The fourth-order valence-electron chi connectivity index (χ4n) is 2.94. The summed E-state index contributed by atoms with van der Waals surface area (Å²) in [5, 5.41) is 1.24. The molecule has 1 aliphatic heterocycles. The lowest BCUT2D eigenvalue weighted by Gasteiger charge is -2.33. The van der Waals surface area contributed by atoms with Crippen molar-refractivity contribution in [1.82, 2.24) is 9.21 Å². The summed E-state index contributed by atoms with van der Waals surface area (Å²) in [5.74, 6) is -0.0417. The summed E-state index contributed by atoms with van der Waals surface area (Å²) in [7, 11) is -3.49. The van der Waals surface area contributed by atoms with Crippen LogP contribution in [0.5, 0.6) is 0 Å². The summed E-state index contributed by atoms with van der Waals surface area (Å²) in [6.45, 7) is 3.30. The second kappa shape index (κ2) is 7.85. The van der Waals surface area contributed by atoms with E-state index in [0.29, 0.717) is 31.7 Å². The quantitative estimate of drug-likeness (QED) is 0.832. The molecule has 0 N–H and O–H groups in total. The molecular formula is C20H22N2O3S. The van der Waals surface area contributed by atoms with Gasteiger partial charge >= 0.3 is 0 Å². The third kappa shape index (κ3) is 4.20. The Kier molecular flexibility index (Phi) is 5.54. The van der Waals surface area contributed by atoms with Gasteiger partial charge in [0.1, 0.15) is 0 Å². The van der Waals surface area contributed by atoms with Gasteiger partial charge in [-0.2, -0.15) is 4.31 Å². The highest BCUT2D eigenvalue weighted by Crippen LogP contribution is 2.15. The van der Waals surface area contributed by atoms with Crippen molar-refractivity contribution in [3.63, 3.8) is 0 Å². The van der Waals surface area contributed by atoms with Crippen molar-refractivity contribution < 1.29 is 13.2 Å². The van der Waals surface area contributed by atoms with Gasteiger partial charge in [-0.1, -0.05) is 48.5 Å². The summed E-state index contributed by atoms with van der Waals surface area (Å²) in [5.41, 5.74) is 2.44. The number of hydrogen-bond donors (Lipinski definition) is 0. The van der Waals surface area contributed by atoms with Crippen LogP contribution in [0.2, 0.25) is 0 Å². The lowest BCUT2D eigenvalue weighted by atomic mass is 10.1. The van der Waals surface area contributed by atoms with Crippen LogP contribution in [0, 0.1) is 6.92 Å². The van der Waals surface area contributed by atoms with Gasteiger partial charge in [-0.05, 0) is 30.2 Å². The zero-order valence-corrected chi connectivity index (χ0v) is 15.5. The highest BCUT2D eigenvalue weighted by atomic mass is 32.2. The van der Waals surface area contributed by atoms with Crippen LogP contribution in [0.1, 0.15) is 21.5 Å². The third-order valence-corrected chi connectivity index (χ3v) is 6.06. The van der Waals surface area contributed by atoms with Crippen molar-refractivity contribution in [1.29, 1.82) is 0 Å². The number of aryl methyl sites for hydroxylation is 1. The smallest absolute Gasteiger partial charge is 0.254 e. The Morgan fingerprint density at radius 3 is 2.19 bits per heavy atom. The van der Waals surface area contributed by atoms with Crippen molar-refractivity contribution in [2.75, 3.05) is 26.2 Å². The zero-order chi connectivity index (χ0) is 18.6. The first kappa shape index (κ1) is 18.4. The molecule has 136 valence electrons. The Morgan fingerprint density at radius 2 is 1.54 bits per heavy atom. The molecule has 2 aromatic rings. The van der Waals surface area contributed by atoms with E-state index in [1.165, 1.54) is 9.71 Å². The molecule has 2 aromatic carbocycles. The monoisotopic (exact) mass is 370 g/mol. The number of nitrogens with zero attached hydrogens (tertiary/aromatic N) is 2. The van der Waals surface area contributed by atoms with Gasteiger partial charge in [0.05, 0.1) is 0 Å². The zero-order valence-electron chi connectivity index (χ0n) is 14.7. The Morgan fingerprint density at radius 1 is 0.923 bits per heavy atom. The second-order valence-electron chi connectivity index (χ2n) is 6.26. The second-order valence-corrected chi connectivity index (χ2v) is 8.08. The number of rotatable bonds is 4. The van der Waals surface area contributed by atoms with E-state index in [9.17, 15) is 13.2 Å². The summed E-state index contributed by atoms with van der Waals surface area (Å²) < 4.78 is 26.4. The maximum atomic E-state index is 12.6. The molecule has 1 fully saturated rings. The van der Waals surface area contributed by atoms with Crippen molar-refractivity contribution in [2.24, 2.45) is 0 Å². The highest BCUT2D eigenvalue weighted by Gasteiger charge is 2.28. The molecular weight excluding hydrogens is 348 g/mol. The lowest BCUT2D eigenvalue weighted by Crippen LogP contribution is -2.50. The Hall–Kier alpha value is -2.44. The average molecular weight is 370 g/mol. The van der Waals surface area contributed by atoms with E-state index >= 15 is 0 Å². The van der Waals surface area contributed by atoms with Crippen LogP contribution in [0.3, 0.4) is 0 Å². The predicted molar refractivity (Wildman–Crippen MR) is 103 cm³/mol. The van der Waals surface area contributed by atoms with E-state index in [4.69, 9.17) is 0 Å². The van der Waals surface area contributed by atoms with Gasteiger partial charge in [0.15, 0.2) is 0 Å². The number of benzene rings is 2. The van der Waals surface area contributed by atoms with Crippen LogP contribution in [0.25, 0.3) is 6.08 Å². The molecule has 0 aliphatic carbocycles. The molecule has 3 rings (SSSR count). The fraction of sp³-hybridized carbons (Fsp3) is 0.250. The van der Waals surface area contributed by atoms with E-state index in [0.717, 1.165) is 11.1 Å². The summed E-state index contributed by atoms with van der Waals surface area (Å²) in [4.78, 5) is 14.3. The molecule has 1 amide bonds. The summed E-state index contributed by atoms with van der Waals surface area (Å²) >= 11 is 0. The van der Waals surface area contributed by atoms with Crippen molar-refractivity contribution in [2.45, 2.75) is 6.92 Å². The topological polar surface area (TPSA) is 57.7 Å². The van der Waals surface area contributed by atoms with Crippen LogP contribution in [-0.2, 0) is 10.0 Å². The minimum Gasteiger partial charge on any atom is -0.336 e. The first-order valence-electron chi connectivity index (χ1n) is 8.55. The summed E-state index contributed by atoms with van der Waals surface area (Å²) in [6, 6.07) is 16.8. The van der Waals surface area contributed by atoms with Crippen LogP contribution < -0.4 is 0 Å². The van der Waals surface area contributed by atoms with E-state index < -0.39 is 10.0 Å². The van der Waals surface area contributed by atoms with E-state index in [1.54, 1.807) is 11.0 Å². The predicted octanol–water partition coefficient (Wildman–Crippen LogP) is 2.75. The van der Waals surface area contributed by atoms with Crippen LogP contribution in [-0.4, -0.2) is 49.7 Å². The number of hydrogen-bond acceptors (Lipinski definition) is 3. The highest BCUT2D eigenvalue weighted by molar-refractivity contribution is 7.92. The number of amides is 1. The maximum absolute atomic E-state index is 12.6. The fourth-order valence-corrected chi connectivity index (χ4v) is 4.12. The minimum atomic E-state index is -3.49. The SMILES string of the molecule is Cc1ccccc1C(=O)N1CCN(S(=O)(=O)/C=C/c2ccccc2)CC1. The normalized spacial score (nSPS) is 16.1. The van der Waals surface area contributed by atoms with Crippen LogP contribution >= 0.6 is 0 Å². The molecule has 0 bridgehead atoms. The van der Waals surface area contributed by atoms with Crippen molar-refractivity contribution in [3.8, 4) is 0 Å². The van der Waals surface area contributed by atoms with E-state index in [1.807, 2.05) is 61.5 Å². The van der Waals surface area contributed by atoms with Gasteiger partial charge in [0.2, 0.25) is 10.0 Å². The number of carbonyl (C=O) groups excluding carboxylic acids is 1. The number of sulfonamides is 1. The van der Waals surface area contributed by atoms with E-state index in [2.05, 4.69) is 0 Å². The number of carbonyl (C=O) groups is 1. The Balaban J connectivity index is 1.63. The molecule has 6 heteroatoms. The first-order valence-corrected chi connectivity index (χ1v) is 10.1. The average Bonchev–Trinajstić information content (AvgIpc) is 2.67. The van der Waals surface area contributed by atoms with Gasteiger partial charge < -0.3 is 4.90 Å². The molecule has 0 radical (unpaired) electrons. The maximum Gasteiger partial charge on any atom is 0.254 e.